The molecule has 0 radical (unpaired) electrons. The highest BCUT2D eigenvalue weighted by Gasteiger charge is 2.37. The minimum Gasteiger partial charge on any atom is -0.491 e. The molecule has 3 fully saturated rings. The monoisotopic (exact) mass is 379 g/mol. The first-order valence-corrected chi connectivity index (χ1v) is 10.3. The fourth-order valence-electron chi connectivity index (χ4n) is 4.42. The second-order valence-electron chi connectivity index (χ2n) is 8.30. The second-order valence-corrected chi connectivity index (χ2v) is 8.30. The summed E-state index contributed by atoms with van der Waals surface area (Å²) in [5.41, 5.74) is 2.04. The molecule has 1 amide bonds. The summed E-state index contributed by atoms with van der Waals surface area (Å²) >= 11 is 0. The molecule has 1 aromatic carbocycles. The molecule has 1 aromatic heterocycles. The van der Waals surface area contributed by atoms with Crippen molar-refractivity contribution >= 4 is 5.91 Å². The minimum atomic E-state index is 0.134. The molecule has 0 saturated carbocycles. The van der Waals surface area contributed by atoms with Crippen molar-refractivity contribution in [3.05, 3.63) is 59.9 Å². The van der Waals surface area contributed by atoms with Crippen molar-refractivity contribution < 1.29 is 9.53 Å². The Kier molecular flexibility index (Phi) is 5.62. The molecule has 28 heavy (non-hydrogen) atoms. The van der Waals surface area contributed by atoms with Crippen LogP contribution in [0.4, 0.5) is 0 Å². The maximum Gasteiger partial charge on any atom is 0.254 e. The average Bonchev–Trinajstić information content (AvgIpc) is 2.99. The van der Waals surface area contributed by atoms with Gasteiger partial charge in [0, 0.05) is 50.2 Å². The van der Waals surface area contributed by atoms with Crippen LogP contribution in [0, 0.1) is 5.92 Å². The zero-order valence-electron chi connectivity index (χ0n) is 16.8. The maximum atomic E-state index is 13.2. The van der Waals surface area contributed by atoms with Gasteiger partial charge in [0.1, 0.15) is 5.75 Å². The zero-order chi connectivity index (χ0) is 19.5. The Labute approximate surface area is 167 Å². The summed E-state index contributed by atoms with van der Waals surface area (Å²) in [6.07, 6.45) is 6.14. The van der Waals surface area contributed by atoms with Crippen LogP contribution in [0.3, 0.4) is 0 Å². The lowest BCUT2D eigenvalue weighted by Gasteiger charge is -2.36. The predicted octanol–water partition coefficient (Wildman–Crippen LogP) is 3.61. The van der Waals surface area contributed by atoms with E-state index in [4.69, 9.17) is 4.74 Å². The van der Waals surface area contributed by atoms with Gasteiger partial charge < -0.3 is 9.64 Å². The average molecular weight is 380 g/mol. The standard InChI is InChI=1S/C23H29N3O2/c1-17(2)28-22-7-4-20(5-8-22)23(27)26-15-19-3-6-21(26)16-25(14-19)13-18-9-11-24-12-10-18/h4-5,7-12,17,19,21H,3,6,13-16H2,1-2H3/t19-,21+/m0/s1. The fraction of sp³-hybridized carbons (Fsp3) is 0.478. The highest BCUT2D eigenvalue weighted by molar-refractivity contribution is 5.94. The molecule has 0 aliphatic carbocycles. The summed E-state index contributed by atoms with van der Waals surface area (Å²) in [6.45, 7) is 7.80. The molecule has 0 N–H and O–H groups in total. The molecule has 2 bridgehead atoms. The van der Waals surface area contributed by atoms with E-state index >= 15 is 0 Å². The zero-order valence-corrected chi connectivity index (χ0v) is 16.8. The van der Waals surface area contributed by atoms with Crippen molar-refractivity contribution in [2.24, 2.45) is 5.92 Å². The molecule has 2 aromatic rings. The van der Waals surface area contributed by atoms with E-state index in [2.05, 4.69) is 26.9 Å². The van der Waals surface area contributed by atoms with Gasteiger partial charge in [-0.05, 0) is 74.6 Å². The van der Waals surface area contributed by atoms with E-state index in [0.29, 0.717) is 12.0 Å². The van der Waals surface area contributed by atoms with Crippen molar-refractivity contribution in [1.82, 2.24) is 14.8 Å². The number of piperidine rings is 1. The van der Waals surface area contributed by atoms with Crippen LogP contribution in [0.25, 0.3) is 0 Å². The highest BCUT2D eigenvalue weighted by Crippen LogP contribution is 2.30. The van der Waals surface area contributed by atoms with Gasteiger partial charge in [-0.2, -0.15) is 0 Å². The number of carbonyl (C=O) groups excluding carboxylic acids is 1. The number of hydrogen-bond acceptors (Lipinski definition) is 4. The number of fused-ring (bicyclic) bond motifs is 4. The van der Waals surface area contributed by atoms with Crippen molar-refractivity contribution in [2.75, 3.05) is 19.6 Å². The summed E-state index contributed by atoms with van der Waals surface area (Å²) in [5.74, 6) is 1.51. The number of aromatic nitrogens is 1. The van der Waals surface area contributed by atoms with E-state index < -0.39 is 0 Å². The number of ether oxygens (including phenoxy) is 1. The Bertz CT molecular complexity index is 791. The molecule has 5 rings (SSSR count). The second kappa shape index (κ2) is 8.31. The third-order valence-electron chi connectivity index (χ3n) is 5.68. The third kappa shape index (κ3) is 4.36. The van der Waals surface area contributed by atoms with E-state index in [1.54, 1.807) is 0 Å². The molecule has 5 heteroatoms. The first-order chi connectivity index (χ1) is 13.6. The van der Waals surface area contributed by atoms with Crippen LogP contribution in [0.2, 0.25) is 0 Å². The Balaban J connectivity index is 1.45. The van der Waals surface area contributed by atoms with Gasteiger partial charge >= 0.3 is 0 Å². The Morgan fingerprint density at radius 2 is 1.82 bits per heavy atom. The van der Waals surface area contributed by atoms with Crippen LogP contribution in [0.5, 0.6) is 5.75 Å². The van der Waals surface area contributed by atoms with Crippen LogP contribution < -0.4 is 4.74 Å². The number of nitrogens with zero attached hydrogens (tertiary/aromatic N) is 3. The summed E-state index contributed by atoms with van der Waals surface area (Å²) in [7, 11) is 0. The summed E-state index contributed by atoms with van der Waals surface area (Å²) in [4.78, 5) is 21.9. The number of carbonyl (C=O) groups is 1. The van der Waals surface area contributed by atoms with Crippen LogP contribution in [-0.4, -0.2) is 52.5 Å². The van der Waals surface area contributed by atoms with Crippen LogP contribution in [0.15, 0.2) is 48.8 Å². The maximum absolute atomic E-state index is 13.2. The van der Waals surface area contributed by atoms with E-state index in [9.17, 15) is 4.79 Å². The molecule has 2 atom stereocenters. The predicted molar refractivity (Wildman–Crippen MR) is 109 cm³/mol. The van der Waals surface area contributed by atoms with E-state index in [1.165, 1.54) is 12.0 Å². The molecule has 3 aliphatic rings. The van der Waals surface area contributed by atoms with Crippen LogP contribution in [0.1, 0.15) is 42.6 Å². The Morgan fingerprint density at radius 1 is 1.07 bits per heavy atom. The van der Waals surface area contributed by atoms with Crippen molar-refractivity contribution in [2.45, 2.75) is 45.4 Å². The minimum absolute atomic E-state index is 0.134. The van der Waals surface area contributed by atoms with Gasteiger partial charge in [0.15, 0.2) is 0 Å². The first-order valence-electron chi connectivity index (χ1n) is 10.3. The SMILES string of the molecule is CC(C)Oc1ccc(C(=O)N2C[C@H]3CC[C@@H]2CN(Cc2ccncc2)C3)cc1. The normalized spacial score (nSPS) is 22.3. The Hall–Kier alpha value is -2.40. The lowest BCUT2D eigenvalue weighted by Crippen LogP contribution is -2.47. The molecule has 3 aliphatic heterocycles. The van der Waals surface area contributed by atoms with Crippen molar-refractivity contribution in [3.63, 3.8) is 0 Å². The molecule has 3 saturated heterocycles. The van der Waals surface area contributed by atoms with Crippen molar-refractivity contribution in [1.29, 1.82) is 0 Å². The molecule has 0 unspecified atom stereocenters. The summed E-state index contributed by atoms with van der Waals surface area (Å²) in [6, 6.07) is 12.0. The van der Waals surface area contributed by atoms with Gasteiger partial charge in [0.2, 0.25) is 0 Å². The van der Waals surface area contributed by atoms with Crippen LogP contribution >= 0.6 is 0 Å². The third-order valence-corrected chi connectivity index (χ3v) is 5.68. The number of rotatable bonds is 5. The highest BCUT2D eigenvalue weighted by atomic mass is 16.5. The summed E-state index contributed by atoms with van der Waals surface area (Å²) in [5, 5.41) is 0. The van der Waals surface area contributed by atoms with Gasteiger partial charge in [-0.15, -0.1) is 0 Å². The quantitative estimate of drug-likeness (QED) is 0.796. The Morgan fingerprint density at radius 3 is 2.54 bits per heavy atom. The van der Waals surface area contributed by atoms with Crippen LogP contribution in [-0.2, 0) is 6.54 Å². The number of amides is 1. The molecule has 148 valence electrons. The molecule has 4 heterocycles. The summed E-state index contributed by atoms with van der Waals surface area (Å²) < 4.78 is 5.70. The van der Waals surface area contributed by atoms with E-state index in [1.807, 2.05) is 50.5 Å². The fourth-order valence-corrected chi connectivity index (χ4v) is 4.42. The molecule has 0 spiro atoms. The van der Waals surface area contributed by atoms with Gasteiger partial charge in [-0.25, -0.2) is 0 Å². The number of benzene rings is 1. The van der Waals surface area contributed by atoms with Gasteiger partial charge in [-0.1, -0.05) is 0 Å². The molecular weight excluding hydrogens is 350 g/mol. The van der Waals surface area contributed by atoms with E-state index in [0.717, 1.165) is 43.9 Å². The lowest BCUT2D eigenvalue weighted by molar-refractivity contribution is 0.0585. The first kappa shape index (κ1) is 18.9. The number of hydrogen-bond donors (Lipinski definition) is 0. The molecular formula is C23H29N3O2. The smallest absolute Gasteiger partial charge is 0.254 e. The van der Waals surface area contributed by atoms with Gasteiger partial charge in [0.05, 0.1) is 6.10 Å². The molecule has 5 nitrogen and oxygen atoms in total. The van der Waals surface area contributed by atoms with E-state index in [-0.39, 0.29) is 12.0 Å². The topological polar surface area (TPSA) is 45.7 Å². The van der Waals surface area contributed by atoms with Gasteiger partial charge in [-0.3, -0.25) is 14.7 Å². The van der Waals surface area contributed by atoms with Gasteiger partial charge in [0.25, 0.3) is 5.91 Å². The lowest BCUT2D eigenvalue weighted by atomic mass is 9.94. The van der Waals surface area contributed by atoms with Crippen molar-refractivity contribution in [3.8, 4) is 5.75 Å². The largest absolute Gasteiger partial charge is 0.491 e. The number of pyridine rings is 1.